The van der Waals surface area contributed by atoms with Gasteiger partial charge in [0.15, 0.2) is 23.0 Å². The van der Waals surface area contributed by atoms with E-state index in [0.29, 0.717) is 47.3 Å². The summed E-state index contributed by atoms with van der Waals surface area (Å²) in [6.07, 6.45) is 3.19. The molecule has 232 valence electrons. The van der Waals surface area contributed by atoms with Crippen LogP contribution >= 0.6 is 0 Å². The summed E-state index contributed by atoms with van der Waals surface area (Å²) in [7, 11) is 3.13. The Kier molecular flexibility index (Phi) is 12.1. The minimum atomic E-state index is -0.999. The number of nitrogens with zero attached hydrogens (tertiary/aromatic N) is 2. The maximum atomic E-state index is 12.8. The first kappa shape index (κ1) is 32.3. The number of hydrazone groups is 2. The summed E-state index contributed by atoms with van der Waals surface area (Å²) in [5.74, 6) is 0.0923. The van der Waals surface area contributed by atoms with Crippen molar-refractivity contribution >= 4 is 24.2 Å². The lowest BCUT2D eigenvalue weighted by Gasteiger charge is -2.12. The number of ether oxygens (including phenoxy) is 4. The number of nitrogens with one attached hydrogen (secondary N) is 2. The van der Waals surface area contributed by atoms with Crippen LogP contribution in [0.15, 0.2) is 107 Å². The molecule has 10 heteroatoms. The maximum absolute atomic E-state index is 12.8. The fraction of sp³-hybridized carbons (Fsp3) is 0.200. The predicted octanol–water partition coefficient (Wildman–Crippen LogP) is 5.49. The van der Waals surface area contributed by atoms with E-state index in [1.807, 2.05) is 60.7 Å². The van der Waals surface area contributed by atoms with Gasteiger partial charge in [-0.1, -0.05) is 67.6 Å². The zero-order chi connectivity index (χ0) is 31.9. The van der Waals surface area contributed by atoms with E-state index in [-0.39, 0.29) is 6.42 Å². The second-order valence-electron chi connectivity index (χ2n) is 9.80. The molecule has 0 aliphatic rings. The molecule has 0 aliphatic carbocycles. The molecule has 0 spiro atoms. The predicted molar refractivity (Wildman–Crippen MR) is 173 cm³/mol. The van der Waals surface area contributed by atoms with Crippen molar-refractivity contribution in [3.63, 3.8) is 0 Å². The minimum Gasteiger partial charge on any atom is -0.493 e. The second-order valence-corrected chi connectivity index (χ2v) is 9.80. The number of hydrogen-bond acceptors (Lipinski definition) is 8. The third kappa shape index (κ3) is 9.69. The molecule has 2 amide bonds. The van der Waals surface area contributed by atoms with Gasteiger partial charge in [-0.25, -0.2) is 10.9 Å². The van der Waals surface area contributed by atoms with Gasteiger partial charge in [0.2, 0.25) is 0 Å². The first-order chi connectivity index (χ1) is 22.0. The fourth-order valence-corrected chi connectivity index (χ4v) is 4.23. The molecule has 0 heterocycles. The van der Waals surface area contributed by atoms with Crippen LogP contribution in [0.3, 0.4) is 0 Å². The van der Waals surface area contributed by atoms with E-state index in [1.54, 1.807) is 57.5 Å². The van der Waals surface area contributed by atoms with Gasteiger partial charge >= 0.3 is 0 Å². The SMILES string of the molecule is CCC(C(=O)N/N=C/c1ccc(OC)c(OCc2ccccc2)c1)C(=O)N/N=C/c1ccc(OC)c(OCc2ccccc2)c1. The topological polar surface area (TPSA) is 120 Å². The summed E-state index contributed by atoms with van der Waals surface area (Å²) in [4.78, 5) is 25.5. The Morgan fingerprint density at radius 1 is 0.644 bits per heavy atom. The third-order valence-corrected chi connectivity index (χ3v) is 6.67. The lowest BCUT2D eigenvalue weighted by atomic mass is 10.1. The highest BCUT2D eigenvalue weighted by Gasteiger charge is 2.24. The van der Waals surface area contributed by atoms with Crippen LogP contribution in [0.25, 0.3) is 0 Å². The summed E-state index contributed by atoms with van der Waals surface area (Å²) in [6, 6.07) is 30.1. The van der Waals surface area contributed by atoms with E-state index in [0.717, 1.165) is 11.1 Å². The van der Waals surface area contributed by atoms with Crippen LogP contribution in [-0.2, 0) is 22.8 Å². The number of rotatable bonds is 15. The number of benzene rings is 4. The lowest BCUT2D eigenvalue weighted by molar-refractivity contribution is -0.135. The molecule has 0 aromatic heterocycles. The van der Waals surface area contributed by atoms with Crippen molar-refractivity contribution in [2.45, 2.75) is 26.6 Å². The summed E-state index contributed by atoms with van der Waals surface area (Å²) in [5, 5.41) is 8.07. The highest BCUT2D eigenvalue weighted by Crippen LogP contribution is 2.29. The van der Waals surface area contributed by atoms with E-state index >= 15 is 0 Å². The molecule has 0 fully saturated rings. The molecular formula is C35H36N4O6. The normalized spacial score (nSPS) is 11.0. The van der Waals surface area contributed by atoms with Gasteiger partial charge in [0.1, 0.15) is 19.1 Å². The monoisotopic (exact) mass is 608 g/mol. The van der Waals surface area contributed by atoms with E-state index in [4.69, 9.17) is 18.9 Å². The molecule has 0 bridgehead atoms. The molecule has 0 radical (unpaired) electrons. The van der Waals surface area contributed by atoms with Crippen LogP contribution < -0.4 is 29.8 Å². The molecule has 0 atom stereocenters. The molecule has 4 rings (SSSR count). The highest BCUT2D eigenvalue weighted by molar-refractivity contribution is 6.00. The molecule has 0 aliphatic heterocycles. The number of amides is 2. The summed E-state index contributed by atoms with van der Waals surface area (Å²) in [6.45, 7) is 2.47. The van der Waals surface area contributed by atoms with Crippen molar-refractivity contribution in [1.29, 1.82) is 0 Å². The van der Waals surface area contributed by atoms with E-state index < -0.39 is 17.7 Å². The van der Waals surface area contributed by atoms with Crippen LogP contribution in [-0.4, -0.2) is 38.5 Å². The standard InChI is InChI=1S/C35H36N4O6/c1-4-29(34(40)38-36-21-27-15-17-30(42-2)32(19-27)44-23-25-11-7-5-8-12-25)35(41)39-37-22-28-16-18-31(43-3)33(20-28)45-24-26-13-9-6-10-14-26/h5-22,29H,4,23-24H2,1-3H3,(H,38,40)(H,39,41)/b36-21+,37-22+. The Hall–Kier alpha value is -5.64. The average Bonchev–Trinajstić information content (AvgIpc) is 3.08. The van der Waals surface area contributed by atoms with Gasteiger partial charge in [0.05, 0.1) is 26.6 Å². The molecule has 4 aromatic carbocycles. The van der Waals surface area contributed by atoms with Gasteiger partial charge in [-0.3, -0.25) is 9.59 Å². The van der Waals surface area contributed by atoms with Crippen LogP contribution in [0.5, 0.6) is 23.0 Å². The van der Waals surface area contributed by atoms with Gasteiger partial charge in [-0.2, -0.15) is 10.2 Å². The summed E-state index contributed by atoms with van der Waals surface area (Å²) in [5.41, 5.74) is 8.26. The van der Waals surface area contributed by atoms with Gasteiger partial charge in [0.25, 0.3) is 11.8 Å². The van der Waals surface area contributed by atoms with Gasteiger partial charge in [-0.15, -0.1) is 0 Å². The molecular weight excluding hydrogens is 572 g/mol. The van der Waals surface area contributed by atoms with Gasteiger partial charge in [0, 0.05) is 0 Å². The number of methoxy groups -OCH3 is 2. The van der Waals surface area contributed by atoms with Crippen molar-refractivity contribution in [2.75, 3.05) is 14.2 Å². The minimum absolute atomic E-state index is 0.253. The molecule has 4 aromatic rings. The smallest absolute Gasteiger partial charge is 0.252 e. The molecule has 45 heavy (non-hydrogen) atoms. The van der Waals surface area contributed by atoms with E-state index in [2.05, 4.69) is 21.1 Å². The number of hydrogen-bond donors (Lipinski definition) is 2. The van der Waals surface area contributed by atoms with Crippen molar-refractivity contribution < 1.29 is 28.5 Å². The molecule has 10 nitrogen and oxygen atoms in total. The third-order valence-electron chi connectivity index (χ3n) is 6.67. The van der Waals surface area contributed by atoms with E-state index in [9.17, 15) is 9.59 Å². The van der Waals surface area contributed by atoms with Crippen LogP contribution in [0, 0.1) is 5.92 Å². The van der Waals surface area contributed by atoms with Crippen LogP contribution in [0.4, 0.5) is 0 Å². The Morgan fingerprint density at radius 3 is 1.44 bits per heavy atom. The lowest BCUT2D eigenvalue weighted by Crippen LogP contribution is -2.37. The summed E-state index contributed by atoms with van der Waals surface area (Å²) >= 11 is 0. The Balaban J connectivity index is 1.31. The van der Waals surface area contributed by atoms with Gasteiger partial charge < -0.3 is 18.9 Å². The Morgan fingerprint density at radius 2 is 1.07 bits per heavy atom. The van der Waals surface area contributed by atoms with Crippen LogP contribution in [0.1, 0.15) is 35.6 Å². The first-order valence-corrected chi connectivity index (χ1v) is 14.4. The largest absolute Gasteiger partial charge is 0.493 e. The fourth-order valence-electron chi connectivity index (χ4n) is 4.23. The number of carbonyl (C=O) groups excluding carboxylic acids is 2. The molecule has 2 N–H and O–H groups in total. The van der Waals surface area contributed by atoms with Crippen molar-refractivity contribution in [3.05, 3.63) is 119 Å². The number of carbonyl (C=O) groups is 2. The average molecular weight is 609 g/mol. The zero-order valence-electron chi connectivity index (χ0n) is 25.4. The van der Waals surface area contributed by atoms with E-state index in [1.165, 1.54) is 12.4 Å². The van der Waals surface area contributed by atoms with Crippen LogP contribution in [0.2, 0.25) is 0 Å². The second kappa shape index (κ2) is 16.9. The quantitative estimate of drug-likeness (QED) is 0.105. The maximum Gasteiger partial charge on any atom is 0.252 e. The zero-order valence-corrected chi connectivity index (χ0v) is 25.4. The molecule has 0 saturated heterocycles. The van der Waals surface area contributed by atoms with Gasteiger partial charge in [-0.05, 0) is 65.1 Å². The Bertz CT molecular complexity index is 1490. The molecule has 0 saturated carbocycles. The summed E-state index contributed by atoms with van der Waals surface area (Å²) < 4.78 is 22.7. The van der Waals surface area contributed by atoms with Crippen molar-refractivity contribution in [2.24, 2.45) is 16.1 Å². The Labute approximate surface area is 262 Å². The highest BCUT2D eigenvalue weighted by atomic mass is 16.5. The molecule has 0 unspecified atom stereocenters. The first-order valence-electron chi connectivity index (χ1n) is 14.4. The van der Waals surface area contributed by atoms with Crippen molar-refractivity contribution in [3.8, 4) is 23.0 Å². The van der Waals surface area contributed by atoms with Crippen molar-refractivity contribution in [1.82, 2.24) is 10.9 Å².